The molecular formula is C15H22OS. The molecule has 2 heteroatoms. The van der Waals surface area contributed by atoms with Crippen molar-refractivity contribution in [2.45, 2.75) is 27.2 Å². The summed E-state index contributed by atoms with van der Waals surface area (Å²) in [5.41, 5.74) is 4.06. The summed E-state index contributed by atoms with van der Waals surface area (Å²) < 4.78 is 5.26. The van der Waals surface area contributed by atoms with Crippen molar-refractivity contribution in [1.29, 1.82) is 0 Å². The topological polar surface area (TPSA) is 9.23 Å². The highest BCUT2D eigenvalue weighted by molar-refractivity contribution is 7.99. The fourth-order valence-corrected chi connectivity index (χ4v) is 2.72. The summed E-state index contributed by atoms with van der Waals surface area (Å²) in [4.78, 5) is 0. The average Bonchev–Trinajstić information content (AvgIpc) is 2.42. The van der Waals surface area contributed by atoms with Gasteiger partial charge in [0.05, 0.1) is 7.11 Å². The zero-order valence-electron chi connectivity index (χ0n) is 11.2. The molecule has 1 heterocycles. The van der Waals surface area contributed by atoms with Crippen molar-refractivity contribution in [1.82, 2.24) is 0 Å². The van der Waals surface area contributed by atoms with Gasteiger partial charge < -0.3 is 4.74 Å². The molecule has 0 radical (unpaired) electrons. The number of ether oxygens (including phenoxy) is 1. The van der Waals surface area contributed by atoms with Gasteiger partial charge in [-0.25, -0.2) is 0 Å². The minimum absolute atomic E-state index is 0.976. The van der Waals surface area contributed by atoms with E-state index in [4.69, 9.17) is 4.74 Å². The summed E-state index contributed by atoms with van der Waals surface area (Å²) >= 11 is 2.00. The van der Waals surface area contributed by atoms with Crippen molar-refractivity contribution >= 4 is 17.3 Å². The molecule has 1 aromatic rings. The van der Waals surface area contributed by atoms with E-state index in [9.17, 15) is 0 Å². The first-order valence-electron chi connectivity index (χ1n) is 6.23. The lowest BCUT2D eigenvalue weighted by molar-refractivity contribution is 0.411. The Kier molecular flexibility index (Phi) is 6.20. The highest BCUT2D eigenvalue weighted by atomic mass is 32.2. The van der Waals surface area contributed by atoms with Gasteiger partial charge in [0.25, 0.3) is 0 Å². The molecule has 0 aliphatic carbocycles. The maximum atomic E-state index is 5.26. The molecule has 1 aliphatic heterocycles. The molecule has 0 atom stereocenters. The van der Waals surface area contributed by atoms with E-state index in [-0.39, 0.29) is 0 Å². The van der Waals surface area contributed by atoms with Crippen LogP contribution in [0.1, 0.15) is 31.4 Å². The third-order valence-corrected chi connectivity index (χ3v) is 3.62. The van der Waals surface area contributed by atoms with Crippen molar-refractivity contribution < 1.29 is 4.74 Å². The van der Waals surface area contributed by atoms with Crippen LogP contribution in [0.2, 0.25) is 0 Å². The maximum absolute atomic E-state index is 5.26. The number of rotatable bonds is 2. The van der Waals surface area contributed by atoms with Crippen LogP contribution in [0.5, 0.6) is 5.75 Å². The van der Waals surface area contributed by atoms with Crippen LogP contribution < -0.4 is 4.74 Å². The van der Waals surface area contributed by atoms with E-state index >= 15 is 0 Å². The summed E-state index contributed by atoms with van der Waals surface area (Å²) in [6.45, 7) is 6.10. The van der Waals surface area contributed by atoms with E-state index in [0.29, 0.717) is 0 Å². The minimum Gasteiger partial charge on any atom is -0.496 e. The van der Waals surface area contributed by atoms with Gasteiger partial charge in [0.1, 0.15) is 5.75 Å². The largest absolute Gasteiger partial charge is 0.496 e. The molecule has 0 N–H and O–H groups in total. The third kappa shape index (κ3) is 3.81. The van der Waals surface area contributed by atoms with E-state index in [1.165, 1.54) is 28.9 Å². The van der Waals surface area contributed by atoms with E-state index in [2.05, 4.69) is 31.2 Å². The number of hydrogen-bond acceptors (Lipinski definition) is 2. The fourth-order valence-electron chi connectivity index (χ4n) is 1.87. The zero-order chi connectivity index (χ0) is 12.7. The van der Waals surface area contributed by atoms with Crippen LogP contribution >= 0.6 is 11.8 Å². The summed E-state index contributed by atoms with van der Waals surface area (Å²) in [6.07, 6.45) is 3.53. The summed E-state index contributed by atoms with van der Waals surface area (Å²) in [5, 5.41) is 0. The Balaban J connectivity index is 0.000000686. The smallest absolute Gasteiger partial charge is 0.121 e. The summed E-state index contributed by atoms with van der Waals surface area (Å²) in [6, 6.07) is 6.45. The molecule has 2 rings (SSSR count). The van der Waals surface area contributed by atoms with Gasteiger partial charge in [0, 0.05) is 5.75 Å². The molecule has 94 valence electrons. The first-order valence-corrected chi connectivity index (χ1v) is 7.38. The number of aryl methyl sites for hydroxylation is 1. The van der Waals surface area contributed by atoms with Crippen molar-refractivity contribution in [2.24, 2.45) is 0 Å². The van der Waals surface area contributed by atoms with Crippen molar-refractivity contribution in [2.75, 3.05) is 18.6 Å². The Labute approximate surface area is 109 Å². The third-order valence-electron chi connectivity index (χ3n) is 2.73. The number of benzene rings is 1. The lowest BCUT2D eigenvalue weighted by Crippen LogP contribution is -1.96. The van der Waals surface area contributed by atoms with Gasteiger partial charge in [0.2, 0.25) is 0 Å². The Bertz CT molecular complexity index is 383. The van der Waals surface area contributed by atoms with Crippen LogP contribution in [0.4, 0.5) is 0 Å². The molecular weight excluding hydrogens is 228 g/mol. The number of allylic oxidation sites excluding steroid dienone is 1. The predicted molar refractivity (Wildman–Crippen MR) is 79.0 cm³/mol. The number of hydrogen-bond donors (Lipinski definition) is 0. The molecule has 0 unspecified atom stereocenters. The summed E-state index contributed by atoms with van der Waals surface area (Å²) in [5.74, 6) is 3.38. The fraction of sp³-hybridized carbons (Fsp3) is 0.467. The molecule has 1 aromatic carbocycles. The number of thioether (sulfide) groups is 1. The van der Waals surface area contributed by atoms with Gasteiger partial charge in [-0.2, -0.15) is 11.8 Å². The zero-order valence-corrected chi connectivity index (χ0v) is 12.1. The van der Waals surface area contributed by atoms with Gasteiger partial charge in [-0.1, -0.05) is 26.0 Å². The van der Waals surface area contributed by atoms with E-state index in [0.717, 1.165) is 11.5 Å². The first-order chi connectivity index (χ1) is 8.31. The first kappa shape index (κ1) is 14.2. The van der Waals surface area contributed by atoms with Crippen LogP contribution in [-0.2, 0) is 0 Å². The molecule has 1 aliphatic rings. The van der Waals surface area contributed by atoms with Crippen molar-refractivity contribution in [3.63, 3.8) is 0 Å². The van der Waals surface area contributed by atoms with E-state index in [1.807, 2.05) is 25.6 Å². The van der Waals surface area contributed by atoms with E-state index in [1.54, 1.807) is 7.11 Å². The molecule has 0 spiro atoms. The van der Waals surface area contributed by atoms with Crippen LogP contribution in [0.25, 0.3) is 5.57 Å². The molecule has 0 saturated carbocycles. The molecule has 0 aromatic heterocycles. The lowest BCUT2D eigenvalue weighted by Gasteiger charge is -2.14. The Morgan fingerprint density at radius 3 is 2.53 bits per heavy atom. The van der Waals surface area contributed by atoms with Crippen LogP contribution in [0, 0.1) is 6.92 Å². The second-order valence-corrected chi connectivity index (χ2v) is 4.89. The van der Waals surface area contributed by atoms with Crippen LogP contribution in [0.15, 0.2) is 24.3 Å². The molecule has 1 nitrogen and oxygen atoms in total. The predicted octanol–water partition coefficient (Wildman–Crippen LogP) is 4.55. The van der Waals surface area contributed by atoms with Crippen LogP contribution in [-0.4, -0.2) is 18.6 Å². The SMILES string of the molecule is CC.COc1ccc(C2=CCSCC2)cc1C. The Morgan fingerprint density at radius 2 is 2.00 bits per heavy atom. The molecule has 17 heavy (non-hydrogen) atoms. The van der Waals surface area contributed by atoms with Gasteiger partial charge in [-0.05, 0) is 47.9 Å². The molecule has 0 bridgehead atoms. The molecule has 0 saturated heterocycles. The maximum Gasteiger partial charge on any atom is 0.121 e. The van der Waals surface area contributed by atoms with Crippen molar-refractivity contribution in [3.8, 4) is 5.75 Å². The highest BCUT2D eigenvalue weighted by Crippen LogP contribution is 2.28. The Morgan fingerprint density at radius 1 is 1.24 bits per heavy atom. The standard InChI is InChI=1S/C13H16OS.C2H6/c1-10-9-12(3-4-13(10)14-2)11-5-7-15-8-6-11;1-2/h3-5,9H,6-8H2,1-2H3;1-2H3. The highest BCUT2D eigenvalue weighted by Gasteiger charge is 2.07. The van der Waals surface area contributed by atoms with Crippen molar-refractivity contribution in [3.05, 3.63) is 35.4 Å². The van der Waals surface area contributed by atoms with Gasteiger partial charge in [-0.3, -0.25) is 0 Å². The number of methoxy groups -OCH3 is 1. The molecule has 0 amide bonds. The quantitative estimate of drug-likeness (QED) is 0.761. The van der Waals surface area contributed by atoms with Gasteiger partial charge in [0.15, 0.2) is 0 Å². The average molecular weight is 250 g/mol. The summed E-state index contributed by atoms with van der Waals surface area (Å²) in [7, 11) is 1.72. The second-order valence-electron chi connectivity index (χ2n) is 3.74. The van der Waals surface area contributed by atoms with E-state index < -0.39 is 0 Å². The van der Waals surface area contributed by atoms with Crippen LogP contribution in [0.3, 0.4) is 0 Å². The molecule has 0 fully saturated rings. The minimum atomic E-state index is 0.976. The second kappa shape index (κ2) is 7.44. The van der Waals surface area contributed by atoms with Gasteiger partial charge >= 0.3 is 0 Å². The monoisotopic (exact) mass is 250 g/mol. The lowest BCUT2D eigenvalue weighted by atomic mass is 10.0. The Hall–Kier alpha value is -0.890. The normalized spacial score (nSPS) is 14.5. The van der Waals surface area contributed by atoms with Gasteiger partial charge in [-0.15, -0.1) is 0 Å².